The minimum Gasteiger partial charge on any atom is -0.494 e. The predicted octanol–water partition coefficient (Wildman–Crippen LogP) is 2.61. The summed E-state index contributed by atoms with van der Waals surface area (Å²) in [5, 5.41) is 2.94. The molecule has 0 heterocycles. The molecule has 1 fully saturated rings. The minimum atomic E-state index is 0.136. The van der Waals surface area contributed by atoms with Crippen LogP contribution in [-0.2, 0) is 4.79 Å². The summed E-state index contributed by atoms with van der Waals surface area (Å²) in [5.41, 5.74) is 0.842. The molecule has 4 nitrogen and oxygen atoms in total. The summed E-state index contributed by atoms with van der Waals surface area (Å²) >= 11 is 0. The number of ether oxygens (including phenoxy) is 1. The zero-order valence-corrected chi connectivity index (χ0v) is 12.6. The number of benzene rings is 1. The van der Waals surface area contributed by atoms with Crippen molar-refractivity contribution >= 4 is 11.6 Å². The van der Waals surface area contributed by atoms with Crippen LogP contribution in [0.25, 0.3) is 0 Å². The van der Waals surface area contributed by atoms with Crippen LogP contribution >= 0.6 is 0 Å². The number of carbonyl (C=O) groups is 1. The molecule has 1 aliphatic rings. The lowest BCUT2D eigenvalue weighted by atomic mass is 10.2. The molecule has 20 heavy (non-hydrogen) atoms. The van der Waals surface area contributed by atoms with Gasteiger partial charge in [0.25, 0.3) is 0 Å². The third-order valence-electron chi connectivity index (χ3n) is 3.59. The molecule has 1 N–H and O–H groups in total. The fourth-order valence-corrected chi connectivity index (χ4v) is 2.13. The monoisotopic (exact) mass is 276 g/mol. The van der Waals surface area contributed by atoms with Gasteiger partial charge in [0, 0.05) is 18.2 Å². The van der Waals surface area contributed by atoms with Gasteiger partial charge >= 0.3 is 0 Å². The Hall–Kier alpha value is -1.55. The molecule has 1 aromatic carbocycles. The lowest BCUT2D eigenvalue weighted by Crippen LogP contribution is -2.15. The Bertz CT molecular complexity index is 442. The van der Waals surface area contributed by atoms with Crippen molar-refractivity contribution in [2.75, 3.05) is 32.6 Å². The Kier molecular flexibility index (Phi) is 5.01. The largest absolute Gasteiger partial charge is 0.494 e. The second-order valence-electron chi connectivity index (χ2n) is 5.84. The molecule has 0 bridgehead atoms. The maximum absolute atomic E-state index is 11.8. The van der Waals surface area contributed by atoms with Gasteiger partial charge in [-0.1, -0.05) is 6.92 Å². The zero-order valence-electron chi connectivity index (χ0n) is 12.6. The maximum atomic E-state index is 11.8. The van der Waals surface area contributed by atoms with Crippen LogP contribution in [0.4, 0.5) is 5.69 Å². The van der Waals surface area contributed by atoms with Crippen LogP contribution < -0.4 is 10.1 Å². The molecule has 0 aromatic heterocycles. The summed E-state index contributed by atoms with van der Waals surface area (Å²) in [7, 11) is 4.11. The van der Waals surface area contributed by atoms with E-state index >= 15 is 0 Å². The first-order valence-electron chi connectivity index (χ1n) is 7.24. The highest BCUT2D eigenvalue weighted by Crippen LogP contribution is 2.38. The van der Waals surface area contributed by atoms with Crippen molar-refractivity contribution in [2.24, 2.45) is 11.8 Å². The molecular formula is C16H24N2O2. The van der Waals surface area contributed by atoms with Crippen LogP contribution in [0, 0.1) is 11.8 Å². The van der Waals surface area contributed by atoms with Crippen molar-refractivity contribution in [1.29, 1.82) is 0 Å². The van der Waals surface area contributed by atoms with Gasteiger partial charge in [-0.15, -0.1) is 0 Å². The first kappa shape index (κ1) is 14.9. The van der Waals surface area contributed by atoms with Crippen molar-refractivity contribution in [3.05, 3.63) is 24.3 Å². The molecular weight excluding hydrogens is 252 g/mol. The van der Waals surface area contributed by atoms with Crippen molar-refractivity contribution in [1.82, 2.24) is 4.90 Å². The average Bonchev–Trinajstić information content (AvgIpc) is 3.14. The molecule has 2 atom stereocenters. The summed E-state index contributed by atoms with van der Waals surface area (Å²) in [6.07, 6.45) is 2.02. The van der Waals surface area contributed by atoms with E-state index in [2.05, 4.69) is 31.2 Å². The summed E-state index contributed by atoms with van der Waals surface area (Å²) in [6, 6.07) is 7.60. The molecule has 1 aliphatic carbocycles. The maximum Gasteiger partial charge on any atom is 0.227 e. The highest BCUT2D eigenvalue weighted by Gasteiger charge is 2.38. The van der Waals surface area contributed by atoms with Crippen molar-refractivity contribution in [3.8, 4) is 5.75 Å². The van der Waals surface area contributed by atoms with E-state index in [4.69, 9.17) is 4.74 Å². The van der Waals surface area contributed by atoms with E-state index in [1.165, 1.54) is 0 Å². The Morgan fingerprint density at radius 2 is 2.00 bits per heavy atom. The number of carbonyl (C=O) groups excluding carboxylic acids is 1. The lowest BCUT2D eigenvalue weighted by Gasteiger charge is -2.11. The van der Waals surface area contributed by atoms with E-state index in [0.29, 0.717) is 12.5 Å². The van der Waals surface area contributed by atoms with Gasteiger partial charge in [0.1, 0.15) is 5.75 Å². The standard InChI is InChI=1S/C16H24N2O2/c1-12-11-15(12)16(19)17-13-5-7-14(8-6-13)20-10-4-9-18(2)3/h5-8,12,15H,4,9-11H2,1-3H3,(H,17,19)/t12-,15-/m0/s1. The van der Waals surface area contributed by atoms with Crippen LogP contribution in [0.3, 0.4) is 0 Å². The lowest BCUT2D eigenvalue weighted by molar-refractivity contribution is -0.117. The highest BCUT2D eigenvalue weighted by molar-refractivity contribution is 5.94. The number of hydrogen-bond acceptors (Lipinski definition) is 3. The third-order valence-corrected chi connectivity index (χ3v) is 3.59. The molecule has 110 valence electrons. The van der Waals surface area contributed by atoms with Gasteiger partial charge in [-0.3, -0.25) is 4.79 Å². The minimum absolute atomic E-state index is 0.136. The van der Waals surface area contributed by atoms with E-state index in [9.17, 15) is 4.79 Å². The van der Waals surface area contributed by atoms with E-state index in [-0.39, 0.29) is 11.8 Å². The molecule has 1 aromatic rings. The first-order valence-corrected chi connectivity index (χ1v) is 7.24. The van der Waals surface area contributed by atoms with Gasteiger partial charge in [-0.2, -0.15) is 0 Å². The predicted molar refractivity (Wildman–Crippen MR) is 81.0 cm³/mol. The summed E-state index contributed by atoms with van der Waals surface area (Å²) in [6.45, 7) is 3.84. The van der Waals surface area contributed by atoms with E-state index in [0.717, 1.165) is 30.8 Å². The van der Waals surface area contributed by atoms with Crippen LogP contribution in [0.5, 0.6) is 5.75 Å². The van der Waals surface area contributed by atoms with Gasteiger partial charge in [0.15, 0.2) is 0 Å². The smallest absolute Gasteiger partial charge is 0.227 e. The normalized spacial score (nSPS) is 20.8. The Morgan fingerprint density at radius 1 is 1.35 bits per heavy atom. The number of rotatable bonds is 7. The average molecular weight is 276 g/mol. The third kappa shape index (κ3) is 4.53. The fraction of sp³-hybridized carbons (Fsp3) is 0.562. The second-order valence-corrected chi connectivity index (χ2v) is 5.84. The Labute approximate surface area is 121 Å². The summed E-state index contributed by atoms with van der Waals surface area (Å²) in [4.78, 5) is 13.9. The molecule has 0 saturated heterocycles. The van der Waals surface area contributed by atoms with Gasteiger partial charge < -0.3 is 15.0 Å². The number of hydrogen-bond donors (Lipinski definition) is 1. The quantitative estimate of drug-likeness (QED) is 0.778. The Balaban J connectivity index is 1.73. The molecule has 4 heteroatoms. The van der Waals surface area contributed by atoms with Crippen LogP contribution in [-0.4, -0.2) is 38.1 Å². The van der Waals surface area contributed by atoms with Crippen molar-refractivity contribution in [2.45, 2.75) is 19.8 Å². The molecule has 0 unspecified atom stereocenters. The Morgan fingerprint density at radius 3 is 2.55 bits per heavy atom. The van der Waals surface area contributed by atoms with Crippen LogP contribution in [0.15, 0.2) is 24.3 Å². The molecule has 1 amide bonds. The second kappa shape index (κ2) is 6.75. The number of anilines is 1. The fourth-order valence-electron chi connectivity index (χ4n) is 2.13. The topological polar surface area (TPSA) is 41.6 Å². The van der Waals surface area contributed by atoms with E-state index in [1.807, 2.05) is 24.3 Å². The summed E-state index contributed by atoms with van der Waals surface area (Å²) < 4.78 is 5.65. The number of nitrogens with zero attached hydrogens (tertiary/aromatic N) is 1. The SMILES string of the molecule is C[C@H]1C[C@@H]1C(=O)Nc1ccc(OCCCN(C)C)cc1. The first-order chi connectivity index (χ1) is 9.56. The highest BCUT2D eigenvalue weighted by atomic mass is 16.5. The van der Waals surface area contributed by atoms with Crippen LogP contribution in [0.1, 0.15) is 19.8 Å². The molecule has 0 aliphatic heterocycles. The van der Waals surface area contributed by atoms with Gasteiger partial charge in [0.05, 0.1) is 6.61 Å². The summed E-state index contributed by atoms with van der Waals surface area (Å²) in [5.74, 6) is 1.73. The molecule has 0 spiro atoms. The molecule has 0 radical (unpaired) electrons. The van der Waals surface area contributed by atoms with Gasteiger partial charge in [-0.25, -0.2) is 0 Å². The van der Waals surface area contributed by atoms with Crippen molar-refractivity contribution in [3.63, 3.8) is 0 Å². The van der Waals surface area contributed by atoms with E-state index in [1.54, 1.807) is 0 Å². The van der Waals surface area contributed by atoms with Gasteiger partial charge in [-0.05, 0) is 57.1 Å². The zero-order chi connectivity index (χ0) is 14.5. The molecule has 2 rings (SSSR count). The van der Waals surface area contributed by atoms with Gasteiger partial charge in [0.2, 0.25) is 5.91 Å². The van der Waals surface area contributed by atoms with Crippen LogP contribution in [0.2, 0.25) is 0 Å². The van der Waals surface area contributed by atoms with E-state index < -0.39 is 0 Å². The van der Waals surface area contributed by atoms with Crippen molar-refractivity contribution < 1.29 is 9.53 Å². The molecule has 1 saturated carbocycles. The number of nitrogens with one attached hydrogen (secondary N) is 1. The number of amides is 1.